The molecule has 2 amide bonds. The lowest BCUT2D eigenvalue weighted by molar-refractivity contribution is -0.125. The van der Waals surface area contributed by atoms with Gasteiger partial charge in [-0.05, 0) is 37.4 Å². The van der Waals surface area contributed by atoms with Crippen LogP contribution in [0.3, 0.4) is 0 Å². The van der Waals surface area contributed by atoms with E-state index in [2.05, 4.69) is 5.32 Å². The number of benzene rings is 1. The third-order valence-electron chi connectivity index (χ3n) is 3.49. The van der Waals surface area contributed by atoms with Crippen LogP contribution < -0.4 is 15.0 Å². The highest BCUT2D eigenvalue weighted by molar-refractivity contribution is 7.12. The number of ether oxygens (including phenoxy) is 1. The highest BCUT2D eigenvalue weighted by Crippen LogP contribution is 2.36. The van der Waals surface area contributed by atoms with E-state index < -0.39 is 6.10 Å². The number of carbonyl (C=O) groups is 2. The molecule has 1 atom stereocenters. The molecule has 1 aromatic heterocycles. The van der Waals surface area contributed by atoms with Crippen LogP contribution in [0.2, 0.25) is 0 Å². The molecule has 0 fully saturated rings. The van der Waals surface area contributed by atoms with Gasteiger partial charge in [0, 0.05) is 18.3 Å². The molecule has 1 N–H and O–H groups in total. The fourth-order valence-corrected chi connectivity index (χ4v) is 3.03. The number of likely N-dealkylation sites (N-methyl/N-ethyl adjacent to an activating group) is 1. The largest absolute Gasteiger partial charge is 0.479 e. The van der Waals surface area contributed by atoms with Crippen LogP contribution in [0.4, 0.5) is 11.4 Å². The molecule has 6 heteroatoms. The Kier molecular flexibility index (Phi) is 3.85. The van der Waals surface area contributed by atoms with Gasteiger partial charge in [0.25, 0.3) is 11.8 Å². The molecule has 1 unspecified atom stereocenters. The Morgan fingerprint density at radius 1 is 1.41 bits per heavy atom. The molecule has 0 saturated heterocycles. The molecule has 1 aliphatic heterocycles. The predicted molar refractivity (Wildman–Crippen MR) is 86.8 cm³/mol. The number of nitrogens with zero attached hydrogens (tertiary/aromatic N) is 1. The van der Waals surface area contributed by atoms with Gasteiger partial charge in [-0.2, -0.15) is 0 Å². The molecule has 1 aliphatic rings. The normalized spacial score (nSPS) is 16.9. The lowest BCUT2D eigenvalue weighted by atomic mass is 10.1. The van der Waals surface area contributed by atoms with Crippen molar-refractivity contribution in [2.45, 2.75) is 20.0 Å². The highest BCUT2D eigenvalue weighted by atomic mass is 32.1. The first kappa shape index (κ1) is 14.6. The van der Waals surface area contributed by atoms with Crippen LogP contribution in [-0.2, 0) is 4.79 Å². The van der Waals surface area contributed by atoms with Gasteiger partial charge in [-0.1, -0.05) is 6.07 Å². The van der Waals surface area contributed by atoms with E-state index >= 15 is 0 Å². The van der Waals surface area contributed by atoms with Crippen molar-refractivity contribution in [2.75, 3.05) is 16.8 Å². The Bertz CT molecular complexity index is 712. The molecular formula is C16H16N2O3S. The minimum absolute atomic E-state index is 0.0506. The van der Waals surface area contributed by atoms with Crippen molar-refractivity contribution in [1.29, 1.82) is 0 Å². The Morgan fingerprint density at radius 3 is 2.91 bits per heavy atom. The van der Waals surface area contributed by atoms with Crippen LogP contribution in [0.15, 0.2) is 35.7 Å². The first-order chi connectivity index (χ1) is 10.6. The van der Waals surface area contributed by atoms with Crippen LogP contribution in [0.1, 0.15) is 23.5 Å². The monoisotopic (exact) mass is 316 g/mol. The fourth-order valence-electron chi connectivity index (χ4n) is 2.41. The summed E-state index contributed by atoms with van der Waals surface area (Å²) in [5, 5.41) is 4.70. The van der Waals surface area contributed by atoms with Crippen molar-refractivity contribution in [1.82, 2.24) is 0 Å². The van der Waals surface area contributed by atoms with E-state index in [1.165, 1.54) is 11.3 Å². The third-order valence-corrected chi connectivity index (χ3v) is 4.36. The van der Waals surface area contributed by atoms with E-state index in [0.717, 1.165) is 5.69 Å². The number of hydrogen-bond donors (Lipinski definition) is 1. The van der Waals surface area contributed by atoms with E-state index in [4.69, 9.17) is 4.74 Å². The molecule has 0 radical (unpaired) electrons. The summed E-state index contributed by atoms with van der Waals surface area (Å²) in [6.45, 7) is 4.23. The summed E-state index contributed by atoms with van der Waals surface area (Å²) in [5.41, 5.74) is 1.38. The highest BCUT2D eigenvalue weighted by Gasteiger charge is 2.30. The zero-order chi connectivity index (χ0) is 15.7. The standard InChI is InChI=1S/C16H16N2O3S/c1-3-18-12-7-6-11(9-13(12)21-10(2)16(18)20)17-15(19)14-5-4-8-22-14/h4-10H,3H2,1-2H3,(H,17,19). The number of fused-ring (bicyclic) bond motifs is 1. The number of hydrogen-bond acceptors (Lipinski definition) is 4. The third kappa shape index (κ3) is 2.57. The van der Waals surface area contributed by atoms with Gasteiger partial charge in [-0.25, -0.2) is 0 Å². The van der Waals surface area contributed by atoms with Crippen LogP contribution in [0.25, 0.3) is 0 Å². The zero-order valence-electron chi connectivity index (χ0n) is 12.3. The van der Waals surface area contributed by atoms with Gasteiger partial charge in [-0.3, -0.25) is 9.59 Å². The average molecular weight is 316 g/mol. The molecule has 0 spiro atoms. The van der Waals surface area contributed by atoms with E-state index in [1.54, 1.807) is 36.1 Å². The van der Waals surface area contributed by atoms with Crippen LogP contribution in [0.5, 0.6) is 5.75 Å². The lowest BCUT2D eigenvalue weighted by Gasteiger charge is -2.32. The van der Waals surface area contributed by atoms with Crippen molar-refractivity contribution in [3.63, 3.8) is 0 Å². The van der Waals surface area contributed by atoms with Crippen LogP contribution >= 0.6 is 11.3 Å². The van der Waals surface area contributed by atoms with E-state index in [9.17, 15) is 9.59 Å². The molecular weight excluding hydrogens is 300 g/mol. The Balaban J connectivity index is 1.86. The number of amides is 2. The summed E-state index contributed by atoms with van der Waals surface area (Å²) in [6, 6.07) is 8.94. The van der Waals surface area contributed by atoms with Gasteiger partial charge in [0.15, 0.2) is 6.10 Å². The van der Waals surface area contributed by atoms with E-state index in [1.807, 2.05) is 18.4 Å². The van der Waals surface area contributed by atoms with Gasteiger partial charge in [0.2, 0.25) is 0 Å². The van der Waals surface area contributed by atoms with Crippen molar-refractivity contribution in [3.8, 4) is 5.75 Å². The topological polar surface area (TPSA) is 58.6 Å². The van der Waals surface area contributed by atoms with Crippen LogP contribution in [-0.4, -0.2) is 24.5 Å². The number of anilines is 2. The Hall–Kier alpha value is -2.34. The summed E-state index contributed by atoms with van der Waals surface area (Å²) in [5.74, 6) is 0.408. The fraction of sp³-hybridized carbons (Fsp3) is 0.250. The van der Waals surface area contributed by atoms with Gasteiger partial charge >= 0.3 is 0 Å². The first-order valence-corrected chi connectivity index (χ1v) is 7.95. The quantitative estimate of drug-likeness (QED) is 0.946. The minimum atomic E-state index is -0.518. The second-order valence-corrected chi connectivity index (χ2v) is 5.90. The SMILES string of the molecule is CCN1C(=O)C(C)Oc2cc(NC(=O)c3cccs3)ccc21. The van der Waals surface area contributed by atoms with Gasteiger partial charge in [-0.15, -0.1) is 11.3 Å². The smallest absolute Gasteiger partial charge is 0.267 e. The maximum absolute atomic E-state index is 12.1. The molecule has 2 aromatic rings. The molecule has 3 rings (SSSR count). The second kappa shape index (κ2) is 5.81. The van der Waals surface area contributed by atoms with Crippen LogP contribution in [0, 0.1) is 0 Å². The van der Waals surface area contributed by atoms with Crippen molar-refractivity contribution >= 4 is 34.5 Å². The molecule has 0 bridgehead atoms. The number of rotatable bonds is 3. The molecule has 0 aliphatic carbocycles. The second-order valence-electron chi connectivity index (χ2n) is 4.96. The molecule has 1 aromatic carbocycles. The summed E-state index contributed by atoms with van der Waals surface area (Å²) in [6.07, 6.45) is -0.518. The Labute approximate surface area is 132 Å². The molecule has 0 saturated carbocycles. The summed E-state index contributed by atoms with van der Waals surface area (Å²) >= 11 is 1.39. The maximum atomic E-state index is 12.1. The first-order valence-electron chi connectivity index (χ1n) is 7.07. The van der Waals surface area contributed by atoms with E-state index in [0.29, 0.717) is 22.9 Å². The summed E-state index contributed by atoms with van der Waals surface area (Å²) < 4.78 is 5.65. The minimum Gasteiger partial charge on any atom is -0.479 e. The lowest BCUT2D eigenvalue weighted by Crippen LogP contribution is -2.44. The molecule has 22 heavy (non-hydrogen) atoms. The number of carbonyl (C=O) groups excluding carboxylic acids is 2. The zero-order valence-corrected chi connectivity index (χ0v) is 13.1. The number of thiophene rings is 1. The van der Waals surface area contributed by atoms with Gasteiger partial charge < -0.3 is 15.0 Å². The molecule has 2 heterocycles. The summed E-state index contributed by atoms with van der Waals surface area (Å²) in [4.78, 5) is 26.5. The van der Waals surface area contributed by atoms with Gasteiger partial charge in [0.1, 0.15) is 5.75 Å². The average Bonchev–Trinajstić information content (AvgIpc) is 3.03. The van der Waals surface area contributed by atoms with E-state index in [-0.39, 0.29) is 11.8 Å². The predicted octanol–water partition coefficient (Wildman–Crippen LogP) is 3.13. The summed E-state index contributed by atoms with van der Waals surface area (Å²) in [7, 11) is 0. The number of nitrogens with one attached hydrogen (secondary N) is 1. The van der Waals surface area contributed by atoms with Crippen molar-refractivity contribution in [3.05, 3.63) is 40.6 Å². The van der Waals surface area contributed by atoms with Crippen molar-refractivity contribution in [2.24, 2.45) is 0 Å². The van der Waals surface area contributed by atoms with Crippen molar-refractivity contribution < 1.29 is 14.3 Å². The Morgan fingerprint density at radius 2 is 2.23 bits per heavy atom. The maximum Gasteiger partial charge on any atom is 0.267 e. The molecule has 114 valence electrons. The van der Waals surface area contributed by atoms with Gasteiger partial charge in [0.05, 0.1) is 10.6 Å². The molecule has 5 nitrogen and oxygen atoms in total.